The number of carbonyl (C=O) groups excluding carboxylic acids is 4. The van der Waals surface area contributed by atoms with Crippen LogP contribution in [0.4, 0.5) is 0 Å². The predicted molar refractivity (Wildman–Crippen MR) is 146 cm³/mol. The Balaban J connectivity index is -0.000000123. The first-order valence-electron chi connectivity index (χ1n) is 12.9. The molecule has 0 aromatic heterocycles. The first-order chi connectivity index (χ1) is 17.2. The van der Waals surface area contributed by atoms with Gasteiger partial charge in [0.05, 0.1) is 13.2 Å². The molecule has 0 spiro atoms. The van der Waals surface area contributed by atoms with Crippen LogP contribution in [0.2, 0.25) is 0 Å². The first kappa shape index (κ1) is 45.1. The van der Waals surface area contributed by atoms with E-state index in [1.54, 1.807) is 13.8 Å². The molecule has 0 aliphatic heterocycles. The van der Waals surface area contributed by atoms with Gasteiger partial charge < -0.3 is 9.47 Å². The second-order valence-corrected chi connectivity index (χ2v) is 7.34. The molecule has 37 heavy (non-hydrogen) atoms. The van der Waals surface area contributed by atoms with Crippen molar-refractivity contribution in [3.05, 3.63) is 38.2 Å². The van der Waals surface area contributed by atoms with Crippen molar-refractivity contribution in [2.75, 3.05) is 13.2 Å². The molecule has 8 nitrogen and oxygen atoms in total. The van der Waals surface area contributed by atoms with Crippen LogP contribution in [-0.2, 0) is 38.9 Å². The molecule has 0 amide bonds. The maximum Gasteiger partial charge on any atom is 0.379 e. The maximum absolute atomic E-state index is 10.3. The quantitative estimate of drug-likeness (QED) is 0.0877. The number of hydrogen-bond donors (Lipinski definition) is 0. The summed E-state index contributed by atoms with van der Waals surface area (Å²) in [6.45, 7) is 15.8. The third-order valence-corrected chi connectivity index (χ3v) is 3.99. The number of unbranched alkanes of at least 4 members (excludes halogenated alkanes) is 10. The van der Waals surface area contributed by atoms with E-state index in [4.69, 9.17) is 0 Å². The van der Waals surface area contributed by atoms with E-state index in [0.717, 1.165) is 25.0 Å². The van der Waals surface area contributed by atoms with Crippen molar-refractivity contribution < 1.29 is 38.9 Å². The second-order valence-electron chi connectivity index (χ2n) is 7.34. The van der Waals surface area contributed by atoms with E-state index < -0.39 is 23.9 Å². The van der Waals surface area contributed by atoms with Crippen molar-refractivity contribution >= 4 is 47.8 Å². The summed E-state index contributed by atoms with van der Waals surface area (Å²) in [5.74, 6) is -4.17. The molecule has 0 saturated heterocycles. The Bertz CT molecular complexity index is 513. The van der Waals surface area contributed by atoms with Crippen LogP contribution in [0.5, 0.6) is 0 Å². The molecule has 0 heterocycles. The maximum atomic E-state index is 10.3. The Morgan fingerprint density at radius 3 is 1.05 bits per heavy atom. The smallest absolute Gasteiger partial charge is 0.379 e. The molecule has 0 aliphatic rings. The molecular formula is C28H48O8Sn. The van der Waals surface area contributed by atoms with Crippen LogP contribution in [0.25, 0.3) is 0 Å². The van der Waals surface area contributed by atoms with Crippen LogP contribution in [0.15, 0.2) is 24.3 Å². The van der Waals surface area contributed by atoms with Crippen molar-refractivity contribution in [3.8, 4) is 0 Å². The van der Waals surface area contributed by atoms with Crippen LogP contribution >= 0.6 is 0 Å². The van der Waals surface area contributed by atoms with Gasteiger partial charge in [-0.05, 0) is 13.8 Å². The molecule has 0 aromatic carbocycles. The average molecular weight is 631 g/mol. The molecule has 0 N–H and O–H groups in total. The van der Waals surface area contributed by atoms with E-state index in [1.807, 2.05) is 0 Å². The summed E-state index contributed by atoms with van der Waals surface area (Å²) >= 11 is 0. The summed E-state index contributed by atoms with van der Waals surface area (Å²) in [7, 11) is 0. The molecule has 0 aliphatic carbocycles. The van der Waals surface area contributed by atoms with Gasteiger partial charge in [0.25, 0.3) is 0 Å². The monoisotopic (exact) mass is 632 g/mol. The van der Waals surface area contributed by atoms with Crippen molar-refractivity contribution in [1.29, 1.82) is 0 Å². The number of rotatable bonds is 16. The van der Waals surface area contributed by atoms with Crippen LogP contribution < -0.4 is 0 Å². The Morgan fingerprint density at radius 2 is 0.838 bits per heavy atom. The molecule has 9 heteroatoms. The zero-order chi connectivity index (χ0) is 28.5. The standard InChI is InChI=1S/2C8H17.2C6H7O4.Sn/c2*1-3-5-7-8-6-4-2;2*1-2-10-6(9)4-3-5(7)8;/h2*1,3-8H2,2H3;2*3-4H,2H2,1H3;/b;;2*4-3+;. The molecular weight excluding hydrogens is 583 g/mol. The minimum absolute atomic E-state index is 0. The van der Waals surface area contributed by atoms with Gasteiger partial charge in [-0.3, -0.25) is 0 Å². The predicted octanol–water partition coefficient (Wildman–Crippen LogP) is 6.11. The molecule has 0 unspecified atom stereocenters. The fourth-order valence-electron chi connectivity index (χ4n) is 2.21. The van der Waals surface area contributed by atoms with Gasteiger partial charge >= 0.3 is 23.9 Å². The Hall–Kier alpha value is -1.84. The summed E-state index contributed by atoms with van der Waals surface area (Å²) in [5.41, 5.74) is 0. The Morgan fingerprint density at radius 1 is 0.541 bits per heavy atom. The average Bonchev–Trinajstić information content (AvgIpc) is 2.84. The zero-order valence-electron chi connectivity index (χ0n) is 23.4. The molecule has 8 radical (unpaired) electrons. The van der Waals surface area contributed by atoms with E-state index in [9.17, 15) is 29.4 Å². The molecule has 0 saturated carbocycles. The molecule has 0 aromatic rings. The fraction of sp³-hybridized carbons (Fsp3) is 0.643. The second kappa shape index (κ2) is 41.3. The SMILES string of the molecule is CCOC(=O)/C=C/C([O])=O.CCOC(=O)/C=C/C([O])=O.[CH2]CCCCCCC.[CH2]CCCCCCC.[Sn]. The molecule has 0 bridgehead atoms. The van der Waals surface area contributed by atoms with Crippen molar-refractivity contribution in [2.24, 2.45) is 0 Å². The normalized spacial score (nSPS) is 9.46. The number of esters is 2. The van der Waals surface area contributed by atoms with Gasteiger partial charge in [0, 0.05) is 48.2 Å². The zero-order valence-corrected chi connectivity index (χ0v) is 26.2. The number of carbonyl (C=O) groups is 4. The van der Waals surface area contributed by atoms with Gasteiger partial charge in [0.1, 0.15) is 0 Å². The minimum Gasteiger partial charge on any atom is -0.463 e. The van der Waals surface area contributed by atoms with Gasteiger partial charge in [-0.15, -0.1) is 0 Å². The van der Waals surface area contributed by atoms with Crippen LogP contribution in [0.1, 0.15) is 105 Å². The van der Waals surface area contributed by atoms with Gasteiger partial charge in [-0.2, -0.15) is 0 Å². The summed E-state index contributed by atoms with van der Waals surface area (Å²) in [6, 6.07) is 0. The molecule has 0 fully saturated rings. The van der Waals surface area contributed by atoms with Crippen molar-refractivity contribution in [1.82, 2.24) is 0 Å². The van der Waals surface area contributed by atoms with Crippen molar-refractivity contribution in [2.45, 2.75) is 105 Å². The molecule has 0 rings (SSSR count). The van der Waals surface area contributed by atoms with Crippen LogP contribution in [-0.4, -0.2) is 61.0 Å². The van der Waals surface area contributed by atoms with Gasteiger partial charge in [0.2, 0.25) is 0 Å². The number of hydrogen-bond acceptors (Lipinski definition) is 6. The summed E-state index contributed by atoms with van der Waals surface area (Å²) in [4.78, 5) is 40.1. The fourth-order valence-corrected chi connectivity index (χ4v) is 2.21. The largest absolute Gasteiger partial charge is 0.463 e. The van der Waals surface area contributed by atoms with E-state index in [-0.39, 0.29) is 37.1 Å². The van der Waals surface area contributed by atoms with E-state index in [2.05, 4.69) is 37.2 Å². The summed E-state index contributed by atoms with van der Waals surface area (Å²) < 4.78 is 8.75. The Kier molecular flexibility index (Phi) is 50.3. The minimum atomic E-state index is -1.41. The van der Waals surface area contributed by atoms with Gasteiger partial charge in [-0.25, -0.2) is 29.4 Å². The van der Waals surface area contributed by atoms with E-state index >= 15 is 0 Å². The summed E-state index contributed by atoms with van der Waals surface area (Å²) in [6.07, 6.45) is 18.8. The molecule has 212 valence electrons. The Labute approximate surface area is 242 Å². The topological polar surface area (TPSA) is 127 Å². The van der Waals surface area contributed by atoms with Crippen LogP contribution in [0, 0.1) is 13.8 Å². The third-order valence-electron chi connectivity index (χ3n) is 3.99. The van der Waals surface area contributed by atoms with Crippen molar-refractivity contribution in [3.63, 3.8) is 0 Å². The molecule has 0 atom stereocenters. The van der Waals surface area contributed by atoms with Gasteiger partial charge in [-0.1, -0.05) is 105 Å². The van der Waals surface area contributed by atoms with E-state index in [1.165, 1.54) is 64.2 Å². The van der Waals surface area contributed by atoms with E-state index in [0.29, 0.717) is 12.2 Å². The van der Waals surface area contributed by atoms with Gasteiger partial charge in [0.15, 0.2) is 0 Å². The number of ether oxygens (including phenoxy) is 2. The summed E-state index contributed by atoms with van der Waals surface area (Å²) in [5, 5.41) is 19.4. The third kappa shape index (κ3) is 60.5. The van der Waals surface area contributed by atoms with Crippen LogP contribution in [0.3, 0.4) is 0 Å². The first-order valence-corrected chi connectivity index (χ1v) is 12.9.